The molecule has 0 spiro atoms. The highest BCUT2D eigenvalue weighted by Gasteiger charge is 2.25. The maximum atomic E-state index is 3.71. The second kappa shape index (κ2) is 8.04. The third kappa shape index (κ3) is 3.42. The first-order valence-electron chi connectivity index (χ1n) is 10.5. The van der Waals surface area contributed by atoms with Gasteiger partial charge in [0, 0.05) is 21.6 Å². The maximum absolute atomic E-state index is 3.71. The number of hydrogen-bond donors (Lipinski definition) is 1. The first kappa shape index (κ1) is 19.0. The lowest BCUT2D eigenvalue weighted by Gasteiger charge is -2.28. The van der Waals surface area contributed by atoms with Crippen molar-refractivity contribution >= 4 is 23.1 Å². The highest BCUT2D eigenvalue weighted by molar-refractivity contribution is 7.99. The molecule has 0 aliphatic carbocycles. The van der Waals surface area contributed by atoms with Gasteiger partial charge in [0.05, 0.1) is 11.4 Å². The molecule has 4 aromatic rings. The predicted octanol–water partition coefficient (Wildman–Crippen LogP) is 8.20. The Hall–Kier alpha value is -2.97. The Bertz CT molecular complexity index is 1070. The van der Waals surface area contributed by atoms with Gasteiger partial charge in [0.25, 0.3) is 0 Å². The largest absolute Gasteiger partial charge is 0.354 e. The van der Waals surface area contributed by atoms with E-state index < -0.39 is 0 Å². The van der Waals surface area contributed by atoms with Crippen LogP contribution < -0.4 is 5.32 Å². The Morgan fingerprint density at radius 1 is 0.533 bits per heavy atom. The van der Waals surface area contributed by atoms with Crippen molar-refractivity contribution in [2.75, 3.05) is 5.32 Å². The zero-order chi connectivity index (χ0) is 20.5. The normalized spacial score (nSPS) is 14.2. The molecule has 2 unspecified atom stereocenters. The minimum Gasteiger partial charge on any atom is -0.354 e. The Balaban J connectivity index is 1.57. The zero-order valence-electron chi connectivity index (χ0n) is 17.3. The molecule has 2 atom stereocenters. The fourth-order valence-corrected chi connectivity index (χ4v) is 5.69. The molecule has 1 aliphatic rings. The molecule has 0 aromatic heterocycles. The molecule has 1 N–H and O–H groups in total. The Morgan fingerprint density at radius 3 is 1.40 bits per heavy atom. The molecule has 2 heteroatoms. The van der Waals surface area contributed by atoms with Crippen molar-refractivity contribution in [1.82, 2.24) is 0 Å². The van der Waals surface area contributed by atoms with Gasteiger partial charge in [-0.2, -0.15) is 0 Å². The lowest BCUT2D eigenvalue weighted by molar-refractivity contribution is 0.883. The molecule has 4 aromatic carbocycles. The molecule has 0 saturated carbocycles. The van der Waals surface area contributed by atoms with E-state index >= 15 is 0 Å². The Labute approximate surface area is 183 Å². The van der Waals surface area contributed by atoms with Crippen LogP contribution in [0.2, 0.25) is 0 Å². The molecular formula is C28H25NS. The maximum Gasteiger partial charge on any atom is 0.0529 e. The molecule has 1 heterocycles. The van der Waals surface area contributed by atoms with E-state index in [1.807, 2.05) is 11.8 Å². The van der Waals surface area contributed by atoms with Crippen molar-refractivity contribution in [2.45, 2.75) is 35.5 Å². The molecular weight excluding hydrogens is 382 g/mol. The average Bonchev–Trinajstić information content (AvgIpc) is 2.82. The topological polar surface area (TPSA) is 12.0 Å². The molecule has 5 rings (SSSR count). The first-order chi connectivity index (χ1) is 14.7. The minimum absolute atomic E-state index is 0.343. The van der Waals surface area contributed by atoms with Crippen LogP contribution in [0.1, 0.15) is 47.9 Å². The molecule has 0 radical (unpaired) electrons. The van der Waals surface area contributed by atoms with E-state index in [4.69, 9.17) is 0 Å². The van der Waals surface area contributed by atoms with E-state index in [2.05, 4.69) is 116 Å². The fourth-order valence-electron chi connectivity index (χ4n) is 4.31. The first-order valence-corrected chi connectivity index (χ1v) is 11.3. The van der Waals surface area contributed by atoms with Gasteiger partial charge in [0.2, 0.25) is 0 Å². The molecule has 148 valence electrons. The third-order valence-electron chi connectivity index (χ3n) is 6.10. The highest BCUT2D eigenvalue weighted by Crippen LogP contribution is 2.51. The van der Waals surface area contributed by atoms with E-state index in [1.165, 1.54) is 43.4 Å². The number of hydrogen-bond acceptors (Lipinski definition) is 2. The lowest BCUT2D eigenvalue weighted by Crippen LogP contribution is -2.08. The van der Waals surface area contributed by atoms with Gasteiger partial charge in [-0.15, -0.1) is 0 Å². The molecule has 30 heavy (non-hydrogen) atoms. The van der Waals surface area contributed by atoms with E-state index in [1.54, 1.807) is 0 Å². The van der Waals surface area contributed by atoms with E-state index in [0.29, 0.717) is 11.8 Å². The monoisotopic (exact) mass is 407 g/mol. The van der Waals surface area contributed by atoms with Gasteiger partial charge in [-0.3, -0.25) is 0 Å². The quantitative estimate of drug-likeness (QED) is 0.322. The second-order valence-electron chi connectivity index (χ2n) is 7.94. The average molecular weight is 408 g/mol. The Morgan fingerprint density at radius 2 is 0.967 bits per heavy atom. The van der Waals surface area contributed by atoms with Crippen molar-refractivity contribution in [3.05, 3.63) is 119 Å². The van der Waals surface area contributed by atoms with E-state index in [0.717, 1.165) is 0 Å². The van der Waals surface area contributed by atoms with Crippen molar-refractivity contribution in [3.8, 4) is 0 Å². The van der Waals surface area contributed by atoms with Crippen molar-refractivity contribution in [3.63, 3.8) is 0 Å². The fraction of sp³-hybridized carbons (Fsp3) is 0.143. The molecule has 0 amide bonds. The van der Waals surface area contributed by atoms with Gasteiger partial charge in [0.1, 0.15) is 0 Å². The highest BCUT2D eigenvalue weighted by atomic mass is 32.2. The van der Waals surface area contributed by atoms with Gasteiger partial charge in [-0.1, -0.05) is 111 Å². The molecule has 0 bridgehead atoms. The van der Waals surface area contributed by atoms with Gasteiger partial charge in [-0.25, -0.2) is 0 Å². The molecule has 0 fully saturated rings. The standard InChI is InChI=1S/C28H25NS/c1-19(21-11-5-3-6-12-21)23-15-9-17-25-27(23)30-28-24(16-10-18-26(28)29-25)20(2)22-13-7-4-8-14-22/h3-20,29H,1-2H3. The third-order valence-corrected chi connectivity index (χ3v) is 7.42. The van der Waals surface area contributed by atoms with Gasteiger partial charge in [0.15, 0.2) is 0 Å². The van der Waals surface area contributed by atoms with Crippen LogP contribution in [0.5, 0.6) is 0 Å². The van der Waals surface area contributed by atoms with Crippen LogP contribution in [0.25, 0.3) is 0 Å². The zero-order valence-corrected chi connectivity index (χ0v) is 18.1. The van der Waals surface area contributed by atoms with Gasteiger partial charge < -0.3 is 5.32 Å². The van der Waals surface area contributed by atoms with Crippen molar-refractivity contribution < 1.29 is 0 Å². The van der Waals surface area contributed by atoms with E-state index in [9.17, 15) is 0 Å². The summed E-state index contributed by atoms with van der Waals surface area (Å²) in [6.45, 7) is 4.61. The number of fused-ring (bicyclic) bond motifs is 2. The van der Waals surface area contributed by atoms with Crippen LogP contribution in [-0.4, -0.2) is 0 Å². The smallest absolute Gasteiger partial charge is 0.0529 e. The molecule has 0 saturated heterocycles. The number of anilines is 2. The SMILES string of the molecule is CC(c1ccccc1)c1cccc2c1Sc1c(cccc1C(C)c1ccccc1)N2. The predicted molar refractivity (Wildman–Crippen MR) is 128 cm³/mol. The van der Waals surface area contributed by atoms with Crippen molar-refractivity contribution in [2.24, 2.45) is 0 Å². The van der Waals surface area contributed by atoms with Crippen LogP contribution in [0.3, 0.4) is 0 Å². The van der Waals surface area contributed by atoms with Crippen LogP contribution in [-0.2, 0) is 0 Å². The van der Waals surface area contributed by atoms with Crippen LogP contribution in [0, 0.1) is 0 Å². The summed E-state index contributed by atoms with van der Waals surface area (Å²) in [5.74, 6) is 0.686. The summed E-state index contributed by atoms with van der Waals surface area (Å²) < 4.78 is 0. The van der Waals surface area contributed by atoms with Crippen molar-refractivity contribution in [1.29, 1.82) is 0 Å². The van der Waals surface area contributed by atoms with E-state index in [-0.39, 0.29) is 0 Å². The molecule has 1 nitrogen and oxygen atoms in total. The summed E-state index contributed by atoms with van der Waals surface area (Å²) in [5.41, 5.74) is 7.87. The Kier molecular flexibility index (Phi) is 5.10. The van der Waals surface area contributed by atoms with Crippen LogP contribution >= 0.6 is 11.8 Å². The molecule has 1 aliphatic heterocycles. The summed E-state index contributed by atoms with van der Waals surface area (Å²) in [5, 5.41) is 3.71. The summed E-state index contributed by atoms with van der Waals surface area (Å²) in [6, 6.07) is 34.9. The summed E-state index contributed by atoms with van der Waals surface area (Å²) >= 11 is 1.92. The van der Waals surface area contributed by atoms with Crippen LogP contribution in [0.4, 0.5) is 11.4 Å². The van der Waals surface area contributed by atoms with Gasteiger partial charge >= 0.3 is 0 Å². The lowest BCUT2D eigenvalue weighted by atomic mass is 9.92. The second-order valence-corrected chi connectivity index (χ2v) is 8.96. The number of benzene rings is 4. The number of nitrogens with one attached hydrogen (secondary N) is 1. The number of rotatable bonds is 4. The van der Waals surface area contributed by atoms with Gasteiger partial charge in [-0.05, 0) is 34.4 Å². The van der Waals surface area contributed by atoms with Crippen LogP contribution in [0.15, 0.2) is 107 Å². The summed E-state index contributed by atoms with van der Waals surface area (Å²) in [6.07, 6.45) is 0. The summed E-state index contributed by atoms with van der Waals surface area (Å²) in [4.78, 5) is 2.68. The minimum atomic E-state index is 0.343. The summed E-state index contributed by atoms with van der Waals surface area (Å²) in [7, 11) is 0.